The van der Waals surface area contributed by atoms with Crippen molar-refractivity contribution in [2.75, 3.05) is 6.61 Å². The summed E-state index contributed by atoms with van der Waals surface area (Å²) in [6.45, 7) is 1.86. The molecule has 1 atom stereocenters. The molecule has 0 aliphatic rings. The minimum atomic E-state index is -4.52. The van der Waals surface area contributed by atoms with Gasteiger partial charge >= 0.3 is 12.2 Å². The molecule has 0 unspecified atom stereocenters. The van der Waals surface area contributed by atoms with Crippen molar-refractivity contribution in [3.05, 3.63) is 34.6 Å². The van der Waals surface area contributed by atoms with Crippen LogP contribution in [0.4, 0.5) is 13.2 Å². The van der Waals surface area contributed by atoms with Gasteiger partial charge in [0.15, 0.2) is 12.4 Å². The highest BCUT2D eigenvalue weighted by molar-refractivity contribution is 9.10. The minimum Gasteiger partial charge on any atom is -0.454 e. The van der Waals surface area contributed by atoms with E-state index in [1.807, 2.05) is 0 Å². The summed E-state index contributed by atoms with van der Waals surface area (Å²) in [5, 5.41) is 7.34. The van der Waals surface area contributed by atoms with E-state index in [1.165, 1.54) is 23.6 Å². The van der Waals surface area contributed by atoms with Crippen LogP contribution in [0.5, 0.6) is 6.01 Å². The predicted molar refractivity (Wildman–Crippen MR) is 90.1 cm³/mol. The lowest BCUT2D eigenvalue weighted by Crippen LogP contribution is -2.29. The molecule has 0 saturated heterocycles. The average Bonchev–Trinajstić information content (AvgIpc) is 2.95. The van der Waals surface area contributed by atoms with E-state index in [9.17, 15) is 21.6 Å². The second-order valence-electron chi connectivity index (χ2n) is 5.29. The molecular weight excluding hydrogens is 441 g/mol. The fraction of sp³-hybridized carbons (Fsp3) is 0.429. The highest BCUT2D eigenvalue weighted by Crippen LogP contribution is 2.22. The number of ether oxygens (including phenoxy) is 1. The van der Waals surface area contributed by atoms with Crippen LogP contribution >= 0.6 is 15.9 Å². The van der Waals surface area contributed by atoms with E-state index in [2.05, 4.69) is 35.6 Å². The van der Waals surface area contributed by atoms with Gasteiger partial charge in [-0.2, -0.15) is 13.2 Å². The molecular formula is C14H16BrF3N4O3S. The zero-order valence-corrected chi connectivity index (χ0v) is 16.2. The molecule has 1 aromatic carbocycles. The molecule has 7 nitrogen and oxygen atoms in total. The largest absolute Gasteiger partial charge is 0.454 e. The van der Waals surface area contributed by atoms with Crippen LogP contribution in [-0.4, -0.2) is 36.0 Å². The van der Waals surface area contributed by atoms with E-state index in [-0.39, 0.29) is 23.3 Å². The maximum absolute atomic E-state index is 12.5. The van der Waals surface area contributed by atoms with Crippen molar-refractivity contribution >= 4 is 26.0 Å². The Bertz CT molecular complexity index is 871. The number of aromatic nitrogens is 3. The summed E-state index contributed by atoms with van der Waals surface area (Å²) in [5.41, 5.74) is 0. The summed E-state index contributed by atoms with van der Waals surface area (Å²) in [7, 11) is -3.86. The first-order valence-electron chi connectivity index (χ1n) is 7.44. The van der Waals surface area contributed by atoms with Gasteiger partial charge in [-0.25, -0.2) is 13.1 Å². The zero-order valence-electron chi connectivity index (χ0n) is 13.8. The number of nitrogens with zero attached hydrogens (tertiary/aromatic N) is 3. The van der Waals surface area contributed by atoms with Crippen LogP contribution in [-0.2, 0) is 16.6 Å². The van der Waals surface area contributed by atoms with E-state index < -0.39 is 28.8 Å². The van der Waals surface area contributed by atoms with Gasteiger partial charge in [-0.05, 0) is 32.0 Å². The average molecular weight is 457 g/mol. The number of benzene rings is 1. The first kappa shape index (κ1) is 20.6. The molecule has 0 bridgehead atoms. The monoisotopic (exact) mass is 456 g/mol. The Morgan fingerprint density at radius 1 is 1.35 bits per heavy atom. The Labute approximate surface area is 156 Å². The summed E-state index contributed by atoms with van der Waals surface area (Å²) in [6.07, 6.45) is -4.52. The number of hydrogen-bond donors (Lipinski definition) is 1. The third-order valence-electron chi connectivity index (χ3n) is 3.25. The lowest BCUT2D eigenvalue weighted by atomic mass is 10.3. The molecule has 2 rings (SSSR count). The smallest absolute Gasteiger partial charge is 0.422 e. The molecule has 0 fully saturated rings. The van der Waals surface area contributed by atoms with Crippen molar-refractivity contribution in [1.82, 2.24) is 19.5 Å². The maximum Gasteiger partial charge on any atom is 0.422 e. The van der Waals surface area contributed by atoms with Gasteiger partial charge in [0.1, 0.15) is 0 Å². The molecule has 26 heavy (non-hydrogen) atoms. The van der Waals surface area contributed by atoms with Gasteiger partial charge in [0, 0.05) is 11.0 Å². The second kappa shape index (κ2) is 7.92. The van der Waals surface area contributed by atoms with E-state index >= 15 is 0 Å². The Kier molecular flexibility index (Phi) is 6.29. The first-order valence-corrected chi connectivity index (χ1v) is 9.71. The third-order valence-corrected chi connectivity index (χ3v) is 5.28. The molecule has 1 heterocycles. The van der Waals surface area contributed by atoms with Crippen LogP contribution in [0.3, 0.4) is 0 Å². The Morgan fingerprint density at radius 2 is 2.04 bits per heavy atom. The zero-order chi connectivity index (χ0) is 19.5. The standard InChI is InChI=1S/C14H16BrF3N4O3S/c1-3-22-12(19-20-13(22)25-8-14(16,17)18)9(2)21-26(23,24)11-6-4-5-10(15)7-11/h4-7,9,21H,3,8H2,1-2H3/t9-/m1/s1. The van der Waals surface area contributed by atoms with Gasteiger partial charge in [0.05, 0.1) is 10.9 Å². The van der Waals surface area contributed by atoms with Crippen LogP contribution < -0.4 is 9.46 Å². The van der Waals surface area contributed by atoms with Gasteiger partial charge in [0.25, 0.3) is 0 Å². The quantitative estimate of drug-likeness (QED) is 0.691. The van der Waals surface area contributed by atoms with Gasteiger partial charge in [0.2, 0.25) is 10.0 Å². The number of halogens is 4. The molecule has 2 aromatic rings. The van der Waals surface area contributed by atoms with Crippen molar-refractivity contribution in [1.29, 1.82) is 0 Å². The molecule has 0 aliphatic heterocycles. The van der Waals surface area contributed by atoms with Gasteiger partial charge in [-0.1, -0.05) is 27.1 Å². The molecule has 1 N–H and O–H groups in total. The molecule has 0 amide bonds. The SMILES string of the molecule is CCn1c(OCC(F)(F)F)nnc1[C@@H](C)NS(=O)(=O)c1cccc(Br)c1. The molecule has 0 spiro atoms. The fourth-order valence-electron chi connectivity index (χ4n) is 2.16. The van der Waals surface area contributed by atoms with E-state index in [0.717, 1.165) is 0 Å². The number of sulfonamides is 1. The van der Waals surface area contributed by atoms with E-state index in [1.54, 1.807) is 19.1 Å². The fourth-order valence-corrected chi connectivity index (χ4v) is 3.96. The van der Waals surface area contributed by atoms with E-state index in [0.29, 0.717) is 4.47 Å². The Balaban J connectivity index is 2.21. The highest BCUT2D eigenvalue weighted by Gasteiger charge is 2.30. The summed E-state index contributed by atoms with van der Waals surface area (Å²) in [6, 6.07) is 4.93. The molecule has 144 valence electrons. The second-order valence-corrected chi connectivity index (χ2v) is 7.92. The highest BCUT2D eigenvalue weighted by atomic mass is 79.9. The first-order chi connectivity index (χ1) is 12.0. The van der Waals surface area contributed by atoms with Crippen molar-refractivity contribution in [3.63, 3.8) is 0 Å². The van der Waals surface area contributed by atoms with Crippen molar-refractivity contribution in [3.8, 4) is 6.01 Å². The van der Waals surface area contributed by atoms with Crippen LogP contribution in [0.1, 0.15) is 25.7 Å². The minimum absolute atomic E-state index is 0.0369. The summed E-state index contributed by atoms with van der Waals surface area (Å²) in [4.78, 5) is 0.0369. The van der Waals surface area contributed by atoms with Crippen LogP contribution in [0.15, 0.2) is 33.6 Å². The molecule has 0 saturated carbocycles. The van der Waals surface area contributed by atoms with Gasteiger partial charge in [-0.15, -0.1) is 5.10 Å². The normalized spacial score (nSPS) is 13.6. The molecule has 0 aliphatic carbocycles. The third kappa shape index (κ3) is 5.17. The number of hydrogen-bond acceptors (Lipinski definition) is 5. The topological polar surface area (TPSA) is 86.1 Å². The van der Waals surface area contributed by atoms with Crippen molar-refractivity contribution in [2.24, 2.45) is 0 Å². The van der Waals surface area contributed by atoms with Gasteiger partial charge in [-0.3, -0.25) is 4.57 Å². The van der Waals surface area contributed by atoms with Crippen LogP contribution in [0.2, 0.25) is 0 Å². The summed E-state index contributed by atoms with van der Waals surface area (Å²) in [5.74, 6) is 0.142. The van der Waals surface area contributed by atoms with Crippen molar-refractivity contribution < 1.29 is 26.3 Å². The summed E-state index contributed by atoms with van der Waals surface area (Å²) >= 11 is 3.20. The number of rotatable bonds is 7. The van der Waals surface area contributed by atoms with Gasteiger partial charge < -0.3 is 4.74 Å². The predicted octanol–water partition coefficient (Wildman–Crippen LogP) is 3.04. The molecule has 12 heteroatoms. The lowest BCUT2D eigenvalue weighted by Gasteiger charge is -2.16. The Morgan fingerprint density at radius 3 is 2.62 bits per heavy atom. The number of alkyl halides is 3. The van der Waals surface area contributed by atoms with Crippen LogP contribution in [0.25, 0.3) is 0 Å². The van der Waals surface area contributed by atoms with Crippen molar-refractivity contribution in [2.45, 2.75) is 37.5 Å². The number of nitrogens with one attached hydrogen (secondary N) is 1. The molecule has 1 aromatic heterocycles. The van der Waals surface area contributed by atoms with Crippen LogP contribution in [0, 0.1) is 0 Å². The maximum atomic E-state index is 12.5. The van der Waals surface area contributed by atoms with E-state index in [4.69, 9.17) is 0 Å². The summed E-state index contributed by atoms with van der Waals surface area (Å²) < 4.78 is 70.8. The molecule has 0 radical (unpaired) electrons. The Hall–Kier alpha value is -1.66. The lowest BCUT2D eigenvalue weighted by molar-refractivity contribution is -0.155.